The van der Waals surface area contributed by atoms with Gasteiger partial charge in [0, 0.05) is 22.4 Å². The molecule has 0 radical (unpaired) electrons. The number of nitrogens with one attached hydrogen (secondary N) is 2. The summed E-state index contributed by atoms with van der Waals surface area (Å²) in [7, 11) is 0. The Kier molecular flexibility index (Phi) is 5.14. The van der Waals surface area contributed by atoms with Gasteiger partial charge in [-0.15, -0.1) is 0 Å². The summed E-state index contributed by atoms with van der Waals surface area (Å²) >= 11 is 11.9. The van der Waals surface area contributed by atoms with Gasteiger partial charge in [-0.1, -0.05) is 29.3 Å². The Morgan fingerprint density at radius 2 is 1.76 bits per heavy atom. The normalized spacial score (nSPS) is 10.0. The van der Waals surface area contributed by atoms with Crippen molar-refractivity contribution in [2.75, 3.05) is 0 Å². The molecule has 21 heavy (non-hydrogen) atoms. The first-order valence-electron chi connectivity index (χ1n) is 6.00. The molecule has 2 rings (SSSR count). The minimum atomic E-state index is -0.457. The van der Waals surface area contributed by atoms with Crippen molar-refractivity contribution in [3.05, 3.63) is 63.9 Å². The summed E-state index contributed by atoms with van der Waals surface area (Å²) in [5.41, 5.74) is 5.44. The van der Waals surface area contributed by atoms with Gasteiger partial charge in [-0.2, -0.15) is 0 Å². The fourth-order valence-electron chi connectivity index (χ4n) is 1.60. The van der Waals surface area contributed by atoms with E-state index >= 15 is 0 Å². The molecule has 1 aromatic carbocycles. The summed E-state index contributed by atoms with van der Waals surface area (Å²) in [5.74, 6) is -0.885. The maximum absolute atomic E-state index is 11.8. The van der Waals surface area contributed by atoms with E-state index in [0.29, 0.717) is 21.2 Å². The zero-order chi connectivity index (χ0) is 15.2. The maximum atomic E-state index is 11.8. The summed E-state index contributed by atoms with van der Waals surface area (Å²) in [6.07, 6.45) is 2.91. The second kappa shape index (κ2) is 7.06. The predicted octanol–water partition coefficient (Wildman–Crippen LogP) is 2.39. The van der Waals surface area contributed by atoms with Crippen molar-refractivity contribution >= 4 is 35.0 Å². The first-order chi connectivity index (χ1) is 10.1. The van der Waals surface area contributed by atoms with Crippen LogP contribution in [0.1, 0.15) is 15.9 Å². The lowest BCUT2D eigenvalue weighted by atomic mass is 10.1. The molecule has 0 saturated carbocycles. The van der Waals surface area contributed by atoms with Crippen LogP contribution >= 0.6 is 23.2 Å². The van der Waals surface area contributed by atoms with Crippen LogP contribution in [0.5, 0.6) is 0 Å². The Morgan fingerprint density at radius 3 is 2.38 bits per heavy atom. The highest BCUT2D eigenvalue weighted by atomic mass is 35.5. The number of nitrogens with zero attached hydrogens (tertiary/aromatic N) is 1. The van der Waals surface area contributed by atoms with Gasteiger partial charge in [0.1, 0.15) is 0 Å². The van der Waals surface area contributed by atoms with Crippen molar-refractivity contribution in [1.29, 1.82) is 0 Å². The first kappa shape index (κ1) is 15.3. The minimum Gasteiger partial charge on any atom is -0.273 e. The van der Waals surface area contributed by atoms with E-state index in [4.69, 9.17) is 23.2 Å². The quantitative estimate of drug-likeness (QED) is 0.852. The topological polar surface area (TPSA) is 71.1 Å². The van der Waals surface area contributed by atoms with Crippen molar-refractivity contribution in [1.82, 2.24) is 15.8 Å². The van der Waals surface area contributed by atoms with Gasteiger partial charge >= 0.3 is 0 Å². The van der Waals surface area contributed by atoms with E-state index < -0.39 is 11.8 Å². The number of pyridine rings is 1. The van der Waals surface area contributed by atoms with Gasteiger partial charge in [0.25, 0.3) is 5.91 Å². The molecule has 0 atom stereocenters. The number of hydrogen-bond acceptors (Lipinski definition) is 3. The van der Waals surface area contributed by atoms with Crippen LogP contribution in [0.3, 0.4) is 0 Å². The van der Waals surface area contributed by atoms with Gasteiger partial charge in [0.15, 0.2) is 0 Å². The molecule has 1 aromatic heterocycles. The van der Waals surface area contributed by atoms with Crippen LogP contribution in [-0.2, 0) is 11.2 Å². The minimum absolute atomic E-state index is 0.0359. The van der Waals surface area contributed by atoms with E-state index in [1.165, 1.54) is 6.20 Å². The van der Waals surface area contributed by atoms with Crippen molar-refractivity contribution in [2.45, 2.75) is 6.42 Å². The number of hydrogen-bond donors (Lipinski definition) is 2. The molecule has 0 unspecified atom stereocenters. The summed E-state index contributed by atoms with van der Waals surface area (Å²) in [4.78, 5) is 27.3. The number of benzene rings is 1. The molecule has 2 aromatic rings. The molecule has 0 saturated heterocycles. The number of rotatable bonds is 3. The van der Waals surface area contributed by atoms with Gasteiger partial charge in [0.2, 0.25) is 5.91 Å². The average molecular weight is 324 g/mol. The van der Waals surface area contributed by atoms with Crippen LogP contribution in [0, 0.1) is 0 Å². The number of halogens is 2. The van der Waals surface area contributed by atoms with E-state index in [-0.39, 0.29) is 6.42 Å². The molecule has 0 aliphatic carbocycles. The van der Waals surface area contributed by atoms with E-state index in [2.05, 4.69) is 15.8 Å². The molecular formula is C14H11Cl2N3O2. The largest absolute Gasteiger partial charge is 0.273 e. The molecular weight excluding hydrogens is 313 g/mol. The standard InChI is InChI=1S/C14H11Cl2N3O2/c15-11-4-1-5-12(16)10(11)7-13(20)18-19-14(21)9-3-2-6-17-8-9/h1-6,8H,7H2,(H,18,20)(H,19,21). The molecule has 2 amide bonds. The van der Waals surface area contributed by atoms with Crippen molar-refractivity contribution in [3.8, 4) is 0 Å². The van der Waals surface area contributed by atoms with E-state index in [9.17, 15) is 9.59 Å². The van der Waals surface area contributed by atoms with Crippen LogP contribution in [0.4, 0.5) is 0 Å². The lowest BCUT2D eigenvalue weighted by Gasteiger charge is -2.09. The van der Waals surface area contributed by atoms with Gasteiger partial charge < -0.3 is 0 Å². The first-order valence-corrected chi connectivity index (χ1v) is 6.75. The molecule has 5 nitrogen and oxygen atoms in total. The maximum Gasteiger partial charge on any atom is 0.271 e. The van der Waals surface area contributed by atoms with E-state index in [0.717, 1.165) is 0 Å². The number of carbonyl (C=O) groups excluding carboxylic acids is 2. The molecule has 2 N–H and O–H groups in total. The fourth-order valence-corrected chi connectivity index (χ4v) is 2.13. The molecule has 0 aliphatic rings. The average Bonchev–Trinajstić information content (AvgIpc) is 2.49. The third-order valence-electron chi connectivity index (χ3n) is 2.64. The third-order valence-corrected chi connectivity index (χ3v) is 3.35. The Bertz CT molecular complexity index is 642. The van der Waals surface area contributed by atoms with Crippen LogP contribution in [0.2, 0.25) is 10.0 Å². The monoisotopic (exact) mass is 323 g/mol. The second-order valence-corrected chi connectivity index (χ2v) is 4.94. The van der Waals surface area contributed by atoms with Gasteiger partial charge in [-0.3, -0.25) is 25.4 Å². The third kappa shape index (κ3) is 4.18. The molecule has 0 spiro atoms. The Balaban J connectivity index is 1.92. The zero-order valence-electron chi connectivity index (χ0n) is 10.8. The molecule has 0 fully saturated rings. The predicted molar refractivity (Wildman–Crippen MR) is 80.0 cm³/mol. The van der Waals surface area contributed by atoms with Crippen molar-refractivity contribution < 1.29 is 9.59 Å². The Hall–Kier alpha value is -2.11. The number of hydrazine groups is 1. The van der Waals surface area contributed by atoms with Crippen LogP contribution < -0.4 is 10.9 Å². The fraction of sp³-hybridized carbons (Fsp3) is 0.0714. The lowest BCUT2D eigenvalue weighted by Crippen LogP contribution is -2.42. The van der Waals surface area contributed by atoms with Gasteiger partial charge in [-0.05, 0) is 29.8 Å². The molecule has 0 bridgehead atoms. The molecule has 108 valence electrons. The Morgan fingerprint density at radius 1 is 1.05 bits per heavy atom. The number of aromatic nitrogens is 1. The number of amides is 2. The smallest absolute Gasteiger partial charge is 0.271 e. The summed E-state index contributed by atoms with van der Waals surface area (Å²) in [6.45, 7) is 0. The van der Waals surface area contributed by atoms with Gasteiger partial charge in [0.05, 0.1) is 12.0 Å². The highest BCUT2D eigenvalue weighted by Gasteiger charge is 2.12. The summed E-state index contributed by atoms with van der Waals surface area (Å²) in [5, 5.41) is 0.799. The van der Waals surface area contributed by atoms with Crippen LogP contribution in [-0.4, -0.2) is 16.8 Å². The molecule has 1 heterocycles. The Labute approximate surface area is 131 Å². The second-order valence-electron chi connectivity index (χ2n) is 4.12. The summed E-state index contributed by atoms with van der Waals surface area (Å²) < 4.78 is 0. The van der Waals surface area contributed by atoms with E-state index in [1.54, 1.807) is 36.5 Å². The molecule has 7 heteroatoms. The highest BCUT2D eigenvalue weighted by molar-refractivity contribution is 6.36. The van der Waals surface area contributed by atoms with Crippen molar-refractivity contribution in [3.63, 3.8) is 0 Å². The van der Waals surface area contributed by atoms with Crippen molar-refractivity contribution in [2.24, 2.45) is 0 Å². The SMILES string of the molecule is O=C(Cc1c(Cl)cccc1Cl)NNC(=O)c1cccnc1. The van der Waals surface area contributed by atoms with Crippen LogP contribution in [0.15, 0.2) is 42.7 Å². The van der Waals surface area contributed by atoms with Gasteiger partial charge in [-0.25, -0.2) is 0 Å². The van der Waals surface area contributed by atoms with E-state index in [1.807, 2.05) is 0 Å². The van der Waals surface area contributed by atoms with Crippen LogP contribution in [0.25, 0.3) is 0 Å². The zero-order valence-corrected chi connectivity index (χ0v) is 12.3. The molecule has 0 aliphatic heterocycles. The highest BCUT2D eigenvalue weighted by Crippen LogP contribution is 2.24. The summed E-state index contributed by atoms with van der Waals surface area (Å²) in [6, 6.07) is 8.18. The lowest BCUT2D eigenvalue weighted by molar-refractivity contribution is -0.121. The number of carbonyl (C=O) groups is 2.